The highest BCUT2D eigenvalue weighted by molar-refractivity contribution is 9.10. The van der Waals surface area contributed by atoms with E-state index in [0.717, 1.165) is 10.0 Å². The standard InChI is InChI=1S/C14H13BrO3/c1-3-17-14(16)11-8-13(18-9(11)2)10-6-4-5-7-12(10)15/h4-8H,3H2,1-2H3. The third-order valence-electron chi connectivity index (χ3n) is 2.55. The zero-order valence-electron chi connectivity index (χ0n) is 10.2. The van der Waals surface area contributed by atoms with Crippen LogP contribution in [-0.4, -0.2) is 12.6 Å². The first-order chi connectivity index (χ1) is 8.63. The molecule has 2 rings (SSSR count). The van der Waals surface area contributed by atoms with E-state index in [4.69, 9.17) is 9.15 Å². The first kappa shape index (κ1) is 12.9. The van der Waals surface area contributed by atoms with E-state index in [9.17, 15) is 4.79 Å². The molecule has 0 saturated carbocycles. The molecule has 0 spiro atoms. The predicted octanol–water partition coefficient (Wildman–Crippen LogP) is 4.19. The number of esters is 1. The number of ether oxygens (including phenoxy) is 1. The molecule has 0 aliphatic rings. The van der Waals surface area contributed by atoms with E-state index in [1.165, 1.54) is 0 Å². The molecular weight excluding hydrogens is 296 g/mol. The minimum absolute atomic E-state index is 0.350. The van der Waals surface area contributed by atoms with Crippen molar-refractivity contribution in [3.63, 3.8) is 0 Å². The van der Waals surface area contributed by atoms with Crippen LogP contribution >= 0.6 is 15.9 Å². The lowest BCUT2D eigenvalue weighted by Gasteiger charge is -1.98. The molecule has 1 aromatic heterocycles. The molecule has 1 heterocycles. The highest BCUT2D eigenvalue weighted by atomic mass is 79.9. The van der Waals surface area contributed by atoms with Gasteiger partial charge >= 0.3 is 5.97 Å². The SMILES string of the molecule is CCOC(=O)c1cc(-c2ccccc2Br)oc1C. The Morgan fingerprint density at radius 2 is 2.11 bits per heavy atom. The second kappa shape index (κ2) is 5.40. The van der Waals surface area contributed by atoms with Gasteiger partial charge in [0.25, 0.3) is 0 Å². The second-order valence-electron chi connectivity index (χ2n) is 3.78. The fourth-order valence-electron chi connectivity index (χ4n) is 1.69. The van der Waals surface area contributed by atoms with Crippen molar-refractivity contribution in [2.45, 2.75) is 13.8 Å². The Morgan fingerprint density at radius 1 is 1.39 bits per heavy atom. The van der Waals surface area contributed by atoms with Crippen molar-refractivity contribution in [2.75, 3.05) is 6.61 Å². The molecule has 0 fully saturated rings. The Kier molecular flexibility index (Phi) is 3.87. The normalized spacial score (nSPS) is 10.4. The van der Waals surface area contributed by atoms with Crippen LogP contribution in [0.4, 0.5) is 0 Å². The fraction of sp³-hybridized carbons (Fsp3) is 0.214. The molecule has 0 N–H and O–H groups in total. The van der Waals surface area contributed by atoms with Crippen LogP contribution in [0, 0.1) is 6.92 Å². The molecule has 0 atom stereocenters. The number of aryl methyl sites for hydroxylation is 1. The van der Waals surface area contributed by atoms with Gasteiger partial charge in [-0.1, -0.05) is 34.1 Å². The minimum atomic E-state index is -0.350. The lowest BCUT2D eigenvalue weighted by atomic mass is 10.1. The largest absolute Gasteiger partial charge is 0.462 e. The average molecular weight is 309 g/mol. The summed E-state index contributed by atoms with van der Waals surface area (Å²) in [6.45, 7) is 3.89. The molecular formula is C14H13BrO3. The molecule has 94 valence electrons. The maximum Gasteiger partial charge on any atom is 0.341 e. The van der Waals surface area contributed by atoms with Gasteiger partial charge in [-0.15, -0.1) is 0 Å². The molecule has 4 heteroatoms. The Balaban J connectivity index is 2.41. The van der Waals surface area contributed by atoms with E-state index in [-0.39, 0.29) is 5.97 Å². The molecule has 1 aromatic carbocycles. The summed E-state index contributed by atoms with van der Waals surface area (Å²) < 4.78 is 11.5. The molecule has 0 saturated heterocycles. The molecule has 0 bridgehead atoms. The summed E-state index contributed by atoms with van der Waals surface area (Å²) in [5, 5.41) is 0. The molecule has 3 nitrogen and oxygen atoms in total. The van der Waals surface area contributed by atoms with E-state index in [1.54, 1.807) is 19.9 Å². The molecule has 0 amide bonds. The first-order valence-electron chi connectivity index (χ1n) is 5.66. The van der Waals surface area contributed by atoms with Gasteiger partial charge in [-0.05, 0) is 26.0 Å². The molecule has 18 heavy (non-hydrogen) atoms. The van der Waals surface area contributed by atoms with Crippen LogP contribution in [0.5, 0.6) is 0 Å². The zero-order valence-corrected chi connectivity index (χ0v) is 11.8. The van der Waals surface area contributed by atoms with E-state index < -0.39 is 0 Å². The number of hydrogen-bond acceptors (Lipinski definition) is 3. The van der Waals surface area contributed by atoms with Crippen molar-refractivity contribution in [2.24, 2.45) is 0 Å². The van der Waals surface area contributed by atoms with Crippen molar-refractivity contribution in [1.82, 2.24) is 0 Å². The van der Waals surface area contributed by atoms with Crippen LogP contribution < -0.4 is 0 Å². The maximum atomic E-state index is 11.7. The fourth-order valence-corrected chi connectivity index (χ4v) is 2.17. The third kappa shape index (κ3) is 2.48. The number of furan rings is 1. The van der Waals surface area contributed by atoms with Gasteiger partial charge in [-0.25, -0.2) is 4.79 Å². The number of hydrogen-bond donors (Lipinski definition) is 0. The summed E-state index contributed by atoms with van der Waals surface area (Å²) in [7, 11) is 0. The maximum absolute atomic E-state index is 11.7. The molecule has 0 aliphatic carbocycles. The minimum Gasteiger partial charge on any atom is -0.462 e. The molecule has 0 aliphatic heterocycles. The van der Waals surface area contributed by atoms with Crippen molar-refractivity contribution >= 4 is 21.9 Å². The smallest absolute Gasteiger partial charge is 0.341 e. The van der Waals surface area contributed by atoms with Gasteiger partial charge in [0.15, 0.2) is 0 Å². The van der Waals surface area contributed by atoms with Gasteiger partial charge in [-0.2, -0.15) is 0 Å². The van der Waals surface area contributed by atoms with Gasteiger partial charge in [0.05, 0.1) is 6.61 Å². The van der Waals surface area contributed by atoms with Crippen molar-refractivity contribution in [3.8, 4) is 11.3 Å². The molecule has 0 unspecified atom stereocenters. The van der Waals surface area contributed by atoms with Crippen LogP contribution in [0.25, 0.3) is 11.3 Å². The van der Waals surface area contributed by atoms with Crippen LogP contribution in [-0.2, 0) is 4.74 Å². The van der Waals surface area contributed by atoms with Gasteiger partial charge in [0, 0.05) is 10.0 Å². The number of benzene rings is 1. The van der Waals surface area contributed by atoms with Gasteiger partial charge in [-0.3, -0.25) is 0 Å². The summed E-state index contributed by atoms with van der Waals surface area (Å²) in [5.41, 5.74) is 1.39. The summed E-state index contributed by atoms with van der Waals surface area (Å²) in [4.78, 5) is 11.7. The molecule has 2 aromatic rings. The number of rotatable bonds is 3. The van der Waals surface area contributed by atoms with Crippen LogP contribution in [0.1, 0.15) is 23.0 Å². The Morgan fingerprint density at radius 3 is 2.78 bits per heavy atom. The summed E-state index contributed by atoms with van der Waals surface area (Å²) in [5.74, 6) is 0.874. The van der Waals surface area contributed by atoms with Crippen LogP contribution in [0.15, 0.2) is 39.2 Å². The Hall–Kier alpha value is -1.55. The Bertz CT molecular complexity index is 572. The number of carbonyl (C=O) groups is 1. The average Bonchev–Trinajstić information content (AvgIpc) is 2.72. The molecule has 0 radical (unpaired) electrons. The Labute approximate surface area is 114 Å². The highest BCUT2D eigenvalue weighted by Crippen LogP contribution is 2.31. The van der Waals surface area contributed by atoms with E-state index in [1.807, 2.05) is 24.3 Å². The van der Waals surface area contributed by atoms with E-state index >= 15 is 0 Å². The highest BCUT2D eigenvalue weighted by Gasteiger charge is 2.17. The van der Waals surface area contributed by atoms with Gasteiger partial charge in [0.1, 0.15) is 17.1 Å². The third-order valence-corrected chi connectivity index (χ3v) is 3.24. The predicted molar refractivity (Wildman–Crippen MR) is 72.5 cm³/mol. The number of carbonyl (C=O) groups excluding carboxylic acids is 1. The lowest BCUT2D eigenvalue weighted by Crippen LogP contribution is -2.04. The summed E-state index contributed by atoms with van der Waals surface area (Å²) in [6.07, 6.45) is 0. The first-order valence-corrected chi connectivity index (χ1v) is 6.45. The number of halogens is 1. The summed E-state index contributed by atoms with van der Waals surface area (Å²) in [6, 6.07) is 9.42. The van der Waals surface area contributed by atoms with Crippen molar-refractivity contribution in [3.05, 3.63) is 46.1 Å². The van der Waals surface area contributed by atoms with Crippen molar-refractivity contribution in [1.29, 1.82) is 0 Å². The zero-order chi connectivity index (χ0) is 13.1. The van der Waals surface area contributed by atoms with Gasteiger partial charge < -0.3 is 9.15 Å². The van der Waals surface area contributed by atoms with E-state index in [0.29, 0.717) is 23.7 Å². The summed E-state index contributed by atoms with van der Waals surface area (Å²) >= 11 is 3.46. The monoisotopic (exact) mass is 308 g/mol. The lowest BCUT2D eigenvalue weighted by molar-refractivity contribution is 0.0524. The van der Waals surface area contributed by atoms with Gasteiger partial charge in [0.2, 0.25) is 0 Å². The van der Waals surface area contributed by atoms with Crippen LogP contribution in [0.3, 0.4) is 0 Å². The second-order valence-corrected chi connectivity index (χ2v) is 4.64. The van der Waals surface area contributed by atoms with Crippen molar-refractivity contribution < 1.29 is 13.9 Å². The quantitative estimate of drug-likeness (QED) is 0.798. The topological polar surface area (TPSA) is 39.4 Å². The van der Waals surface area contributed by atoms with Crippen LogP contribution in [0.2, 0.25) is 0 Å². The van der Waals surface area contributed by atoms with E-state index in [2.05, 4.69) is 15.9 Å².